The summed E-state index contributed by atoms with van der Waals surface area (Å²) in [6.45, 7) is 1.72. The van der Waals surface area contributed by atoms with Crippen LogP contribution in [0.25, 0.3) is 0 Å². The fourth-order valence-electron chi connectivity index (χ4n) is 1.63. The average molecular weight is 282 g/mol. The number of hydrogen-bond acceptors (Lipinski definition) is 4. The quantitative estimate of drug-likeness (QED) is 0.754. The zero-order chi connectivity index (χ0) is 15.3. The van der Waals surface area contributed by atoms with E-state index in [1.165, 1.54) is 37.3 Å². The van der Waals surface area contributed by atoms with E-state index < -0.39 is 18.1 Å². The van der Waals surface area contributed by atoms with Gasteiger partial charge in [-0.25, -0.2) is 9.59 Å². The SMILES string of the molecule is COc1ccc(C(=O)O)cc1NC(=O)N(C)CC(C)O. The maximum atomic E-state index is 11.9. The molecule has 0 spiro atoms. The van der Waals surface area contributed by atoms with Crippen molar-refractivity contribution < 1.29 is 24.5 Å². The summed E-state index contributed by atoms with van der Waals surface area (Å²) in [5.74, 6) is -0.741. The smallest absolute Gasteiger partial charge is 0.335 e. The molecule has 1 atom stereocenters. The highest BCUT2D eigenvalue weighted by atomic mass is 16.5. The lowest BCUT2D eigenvalue weighted by Gasteiger charge is -2.20. The minimum absolute atomic E-state index is 0.0410. The van der Waals surface area contributed by atoms with Crippen molar-refractivity contribution in [3.05, 3.63) is 23.8 Å². The second-order valence-corrected chi connectivity index (χ2v) is 4.38. The van der Waals surface area contributed by atoms with Gasteiger partial charge in [-0.2, -0.15) is 0 Å². The van der Waals surface area contributed by atoms with Crippen LogP contribution >= 0.6 is 0 Å². The van der Waals surface area contributed by atoms with Crippen LogP contribution in [0.1, 0.15) is 17.3 Å². The third-order valence-electron chi connectivity index (χ3n) is 2.57. The zero-order valence-electron chi connectivity index (χ0n) is 11.6. The number of methoxy groups -OCH3 is 1. The van der Waals surface area contributed by atoms with Crippen LogP contribution in [0.2, 0.25) is 0 Å². The zero-order valence-corrected chi connectivity index (χ0v) is 11.6. The van der Waals surface area contributed by atoms with E-state index in [4.69, 9.17) is 9.84 Å². The van der Waals surface area contributed by atoms with Crippen LogP contribution in [0.5, 0.6) is 5.75 Å². The predicted octanol–water partition coefficient (Wildman–Crippen LogP) is 1.24. The van der Waals surface area contributed by atoms with Crippen molar-refractivity contribution in [2.45, 2.75) is 13.0 Å². The topological polar surface area (TPSA) is 99.1 Å². The second kappa shape index (κ2) is 6.76. The van der Waals surface area contributed by atoms with Crippen molar-refractivity contribution in [1.29, 1.82) is 0 Å². The number of rotatable bonds is 5. The van der Waals surface area contributed by atoms with Crippen LogP contribution in [0.3, 0.4) is 0 Å². The van der Waals surface area contributed by atoms with E-state index in [9.17, 15) is 14.7 Å². The van der Waals surface area contributed by atoms with Gasteiger partial charge < -0.3 is 25.2 Å². The minimum atomic E-state index is -1.10. The maximum absolute atomic E-state index is 11.9. The van der Waals surface area contributed by atoms with E-state index >= 15 is 0 Å². The highest BCUT2D eigenvalue weighted by Crippen LogP contribution is 2.25. The molecule has 20 heavy (non-hydrogen) atoms. The van der Waals surface area contributed by atoms with Crippen LogP contribution in [-0.2, 0) is 0 Å². The molecule has 110 valence electrons. The molecule has 0 radical (unpaired) electrons. The van der Waals surface area contributed by atoms with Crippen molar-refractivity contribution in [2.75, 3.05) is 26.0 Å². The minimum Gasteiger partial charge on any atom is -0.495 e. The fraction of sp³-hybridized carbons (Fsp3) is 0.385. The van der Waals surface area contributed by atoms with E-state index in [1.807, 2.05) is 0 Å². The number of aliphatic hydroxyl groups excluding tert-OH is 1. The van der Waals surface area contributed by atoms with Crippen molar-refractivity contribution in [3.8, 4) is 5.75 Å². The lowest BCUT2D eigenvalue weighted by Crippen LogP contribution is -2.36. The van der Waals surface area contributed by atoms with Gasteiger partial charge in [-0.3, -0.25) is 0 Å². The Bertz CT molecular complexity index is 502. The molecular formula is C13H18N2O5. The first kappa shape index (κ1) is 15.8. The summed E-state index contributed by atoms with van der Waals surface area (Å²) in [5.41, 5.74) is 0.300. The van der Waals surface area contributed by atoms with Gasteiger partial charge in [0.05, 0.1) is 24.5 Å². The van der Waals surface area contributed by atoms with Gasteiger partial charge in [-0.15, -0.1) is 0 Å². The summed E-state index contributed by atoms with van der Waals surface area (Å²) < 4.78 is 5.07. The Kier molecular flexibility index (Phi) is 5.33. The van der Waals surface area contributed by atoms with Gasteiger partial charge in [0, 0.05) is 13.6 Å². The van der Waals surface area contributed by atoms with Crippen LogP contribution < -0.4 is 10.1 Å². The fourth-order valence-corrected chi connectivity index (χ4v) is 1.63. The molecule has 0 fully saturated rings. The molecule has 0 bridgehead atoms. The van der Waals surface area contributed by atoms with Crippen LogP contribution in [0, 0.1) is 0 Å². The van der Waals surface area contributed by atoms with E-state index in [0.717, 1.165) is 0 Å². The molecule has 7 nitrogen and oxygen atoms in total. The first-order valence-corrected chi connectivity index (χ1v) is 5.96. The average Bonchev–Trinajstić information content (AvgIpc) is 2.37. The highest BCUT2D eigenvalue weighted by molar-refractivity contribution is 5.94. The molecule has 0 aliphatic carbocycles. The Balaban J connectivity index is 2.92. The molecule has 1 aromatic rings. The van der Waals surface area contributed by atoms with Crippen molar-refractivity contribution >= 4 is 17.7 Å². The molecule has 0 saturated carbocycles. The third kappa shape index (κ3) is 4.13. The Morgan fingerprint density at radius 1 is 1.45 bits per heavy atom. The number of ether oxygens (including phenoxy) is 1. The Hall–Kier alpha value is -2.28. The summed E-state index contributed by atoms with van der Waals surface area (Å²) >= 11 is 0. The van der Waals surface area contributed by atoms with Gasteiger partial charge in [0.25, 0.3) is 0 Å². The summed E-state index contributed by atoms with van der Waals surface area (Å²) in [5, 5.41) is 20.7. The monoisotopic (exact) mass is 282 g/mol. The molecular weight excluding hydrogens is 264 g/mol. The number of hydrogen-bond donors (Lipinski definition) is 3. The number of urea groups is 1. The molecule has 0 saturated heterocycles. The van der Waals surface area contributed by atoms with Crippen molar-refractivity contribution in [3.63, 3.8) is 0 Å². The van der Waals surface area contributed by atoms with Gasteiger partial charge >= 0.3 is 12.0 Å². The number of benzene rings is 1. The number of amides is 2. The summed E-state index contributed by atoms with van der Waals surface area (Å²) in [6, 6.07) is 3.70. The number of carboxylic acid groups (broad SMARTS) is 1. The molecule has 0 aliphatic rings. The van der Waals surface area contributed by atoms with Gasteiger partial charge in [0.15, 0.2) is 0 Å². The molecule has 1 rings (SSSR count). The normalized spacial score (nSPS) is 11.6. The Morgan fingerprint density at radius 3 is 2.60 bits per heavy atom. The van der Waals surface area contributed by atoms with Gasteiger partial charge in [0.1, 0.15) is 5.75 Å². The molecule has 7 heteroatoms. The number of aliphatic hydroxyl groups is 1. The number of carboxylic acids is 1. The number of anilines is 1. The largest absolute Gasteiger partial charge is 0.495 e. The standard InChI is InChI=1S/C13H18N2O5/c1-8(16)7-15(2)13(19)14-10-6-9(12(17)18)4-5-11(10)20-3/h4-6,8,16H,7H2,1-3H3,(H,14,19)(H,17,18). The van der Waals surface area contributed by atoms with Crippen LogP contribution in [0.4, 0.5) is 10.5 Å². The molecule has 0 aliphatic heterocycles. The molecule has 1 aromatic carbocycles. The van der Waals surface area contributed by atoms with Crippen LogP contribution in [0.15, 0.2) is 18.2 Å². The van der Waals surface area contributed by atoms with E-state index in [1.54, 1.807) is 6.92 Å². The van der Waals surface area contributed by atoms with E-state index in [-0.39, 0.29) is 17.8 Å². The number of carbonyl (C=O) groups is 2. The number of likely N-dealkylation sites (N-methyl/N-ethyl adjacent to an activating group) is 1. The first-order valence-electron chi connectivity index (χ1n) is 5.96. The lowest BCUT2D eigenvalue weighted by molar-refractivity contribution is 0.0697. The lowest BCUT2D eigenvalue weighted by atomic mass is 10.2. The summed E-state index contributed by atoms with van der Waals surface area (Å²) in [6.07, 6.45) is -0.655. The molecule has 3 N–H and O–H groups in total. The number of nitrogens with zero attached hydrogens (tertiary/aromatic N) is 1. The van der Waals surface area contributed by atoms with Gasteiger partial charge in [-0.1, -0.05) is 0 Å². The van der Waals surface area contributed by atoms with E-state index in [2.05, 4.69) is 5.32 Å². The molecule has 0 aromatic heterocycles. The first-order chi connectivity index (χ1) is 9.35. The third-order valence-corrected chi connectivity index (χ3v) is 2.57. The Labute approximate surface area is 116 Å². The second-order valence-electron chi connectivity index (χ2n) is 4.38. The maximum Gasteiger partial charge on any atom is 0.335 e. The predicted molar refractivity (Wildman–Crippen MR) is 73.3 cm³/mol. The van der Waals surface area contributed by atoms with Gasteiger partial charge in [0.2, 0.25) is 0 Å². The van der Waals surface area contributed by atoms with Crippen LogP contribution in [-0.4, -0.2) is 53.9 Å². The Morgan fingerprint density at radius 2 is 2.10 bits per heavy atom. The summed E-state index contributed by atoms with van der Waals surface area (Å²) in [4.78, 5) is 24.1. The number of nitrogens with one attached hydrogen (secondary N) is 1. The number of aromatic carboxylic acids is 1. The summed E-state index contributed by atoms with van der Waals surface area (Å²) in [7, 11) is 2.94. The van der Waals surface area contributed by atoms with Crippen molar-refractivity contribution in [1.82, 2.24) is 4.90 Å². The number of carbonyl (C=O) groups excluding carboxylic acids is 1. The van der Waals surface area contributed by atoms with Crippen molar-refractivity contribution in [2.24, 2.45) is 0 Å². The molecule has 0 heterocycles. The highest BCUT2D eigenvalue weighted by Gasteiger charge is 2.15. The van der Waals surface area contributed by atoms with E-state index in [0.29, 0.717) is 5.75 Å². The molecule has 1 unspecified atom stereocenters. The molecule has 2 amide bonds. The van der Waals surface area contributed by atoms with Gasteiger partial charge in [-0.05, 0) is 25.1 Å².